The third-order valence-corrected chi connectivity index (χ3v) is 3.11. The number of nitrogens with zero attached hydrogens (tertiary/aromatic N) is 3. The molecular weight excluding hydrogens is 294 g/mol. The Bertz CT molecular complexity index is 512. The maximum absolute atomic E-state index is 10.1. The molecule has 2 heterocycles. The number of aliphatic hydroxyl groups is 1. The zero-order valence-electron chi connectivity index (χ0n) is 10.3. The van der Waals surface area contributed by atoms with Crippen LogP contribution in [-0.2, 0) is 13.0 Å². The number of halogens is 1. The van der Waals surface area contributed by atoms with E-state index in [1.807, 2.05) is 16.9 Å². The molecule has 1 atom stereocenters. The van der Waals surface area contributed by atoms with Crippen LogP contribution < -0.4 is 0 Å². The van der Waals surface area contributed by atoms with Gasteiger partial charge in [-0.1, -0.05) is 6.92 Å². The lowest BCUT2D eigenvalue weighted by molar-refractivity contribution is 0.178. The Morgan fingerprint density at radius 1 is 1.39 bits per heavy atom. The maximum atomic E-state index is 10.1. The van der Waals surface area contributed by atoms with E-state index in [9.17, 15) is 5.11 Å². The molecule has 4 nitrogen and oxygen atoms in total. The van der Waals surface area contributed by atoms with Crippen molar-refractivity contribution >= 4 is 15.9 Å². The summed E-state index contributed by atoms with van der Waals surface area (Å²) in [5.74, 6) is 0. The van der Waals surface area contributed by atoms with Crippen molar-refractivity contribution in [3.05, 3.63) is 46.5 Å². The van der Waals surface area contributed by atoms with Gasteiger partial charge in [-0.3, -0.25) is 9.67 Å². The van der Waals surface area contributed by atoms with Gasteiger partial charge in [0.1, 0.15) is 0 Å². The SMILES string of the molecule is CCCn1cc(C(O)Cc2cncc(Br)c2)cn1. The van der Waals surface area contributed by atoms with Crippen LogP contribution in [0.4, 0.5) is 0 Å². The molecule has 1 unspecified atom stereocenters. The number of pyridine rings is 1. The number of rotatable bonds is 5. The molecular formula is C13H16BrN3O. The molecule has 0 amide bonds. The van der Waals surface area contributed by atoms with Crippen molar-refractivity contribution in [3.63, 3.8) is 0 Å². The summed E-state index contributed by atoms with van der Waals surface area (Å²) < 4.78 is 2.78. The van der Waals surface area contributed by atoms with Crippen LogP contribution in [0.2, 0.25) is 0 Å². The predicted octanol–water partition coefficient (Wildman–Crippen LogP) is 2.73. The highest BCUT2D eigenvalue weighted by Crippen LogP contribution is 2.19. The van der Waals surface area contributed by atoms with Gasteiger partial charge < -0.3 is 5.11 Å². The average molecular weight is 310 g/mol. The lowest BCUT2D eigenvalue weighted by atomic mass is 10.1. The monoisotopic (exact) mass is 309 g/mol. The van der Waals surface area contributed by atoms with Crippen molar-refractivity contribution in [3.8, 4) is 0 Å². The van der Waals surface area contributed by atoms with Gasteiger partial charge in [-0.2, -0.15) is 5.10 Å². The second-order valence-corrected chi connectivity index (χ2v) is 5.18. The second-order valence-electron chi connectivity index (χ2n) is 4.27. The normalized spacial score (nSPS) is 12.6. The molecule has 96 valence electrons. The van der Waals surface area contributed by atoms with E-state index in [4.69, 9.17) is 0 Å². The molecule has 2 aromatic rings. The highest BCUT2D eigenvalue weighted by atomic mass is 79.9. The molecule has 0 aliphatic rings. The van der Waals surface area contributed by atoms with Crippen molar-refractivity contribution in [2.45, 2.75) is 32.4 Å². The van der Waals surface area contributed by atoms with Gasteiger partial charge in [-0.05, 0) is 34.0 Å². The summed E-state index contributed by atoms with van der Waals surface area (Å²) in [5.41, 5.74) is 1.85. The quantitative estimate of drug-likeness (QED) is 0.924. The molecule has 0 saturated carbocycles. The van der Waals surface area contributed by atoms with Crippen LogP contribution >= 0.6 is 15.9 Å². The van der Waals surface area contributed by atoms with Gasteiger partial charge >= 0.3 is 0 Å². The molecule has 0 fully saturated rings. The number of hydrogen-bond acceptors (Lipinski definition) is 3. The molecule has 0 aliphatic heterocycles. The standard InChI is InChI=1S/C13H16BrN3O/c1-2-3-17-9-11(7-16-17)13(18)5-10-4-12(14)8-15-6-10/h4,6-9,13,18H,2-3,5H2,1H3. The fourth-order valence-corrected chi connectivity index (χ4v) is 2.22. The first-order valence-electron chi connectivity index (χ1n) is 5.99. The Labute approximate surface area is 115 Å². The zero-order valence-corrected chi connectivity index (χ0v) is 11.8. The maximum Gasteiger partial charge on any atom is 0.0861 e. The molecule has 0 saturated heterocycles. The fraction of sp³-hybridized carbons (Fsp3) is 0.385. The lowest BCUT2D eigenvalue weighted by Gasteiger charge is -2.08. The molecule has 0 radical (unpaired) electrons. The van der Waals surface area contributed by atoms with Crippen molar-refractivity contribution in [1.29, 1.82) is 0 Å². The van der Waals surface area contributed by atoms with E-state index >= 15 is 0 Å². The van der Waals surface area contributed by atoms with E-state index < -0.39 is 6.10 Å². The number of aliphatic hydroxyl groups excluding tert-OH is 1. The largest absolute Gasteiger partial charge is 0.388 e. The first-order valence-corrected chi connectivity index (χ1v) is 6.78. The lowest BCUT2D eigenvalue weighted by Crippen LogP contribution is -2.01. The highest BCUT2D eigenvalue weighted by molar-refractivity contribution is 9.10. The molecule has 1 N–H and O–H groups in total. The van der Waals surface area contributed by atoms with E-state index in [0.717, 1.165) is 28.6 Å². The van der Waals surface area contributed by atoms with E-state index in [1.165, 1.54) is 0 Å². The van der Waals surface area contributed by atoms with Gasteiger partial charge in [0.15, 0.2) is 0 Å². The molecule has 2 rings (SSSR count). The predicted molar refractivity (Wildman–Crippen MR) is 73.1 cm³/mol. The van der Waals surface area contributed by atoms with Crippen LogP contribution in [0.25, 0.3) is 0 Å². The van der Waals surface area contributed by atoms with Crippen LogP contribution in [-0.4, -0.2) is 19.9 Å². The molecule has 5 heteroatoms. The van der Waals surface area contributed by atoms with Gasteiger partial charge in [-0.15, -0.1) is 0 Å². The van der Waals surface area contributed by atoms with Crippen molar-refractivity contribution < 1.29 is 5.11 Å². The summed E-state index contributed by atoms with van der Waals surface area (Å²) in [6.45, 7) is 2.98. The molecule has 0 bridgehead atoms. The summed E-state index contributed by atoms with van der Waals surface area (Å²) in [6, 6.07) is 1.96. The third-order valence-electron chi connectivity index (χ3n) is 2.68. The molecule has 0 aromatic carbocycles. The Balaban J connectivity index is 2.04. The fourth-order valence-electron chi connectivity index (χ4n) is 1.81. The first-order chi connectivity index (χ1) is 8.69. The third kappa shape index (κ3) is 3.40. The summed E-state index contributed by atoms with van der Waals surface area (Å²) in [7, 11) is 0. The van der Waals surface area contributed by atoms with E-state index in [-0.39, 0.29) is 0 Å². The molecule has 2 aromatic heterocycles. The van der Waals surface area contributed by atoms with Crippen LogP contribution in [0.1, 0.15) is 30.6 Å². The van der Waals surface area contributed by atoms with Crippen LogP contribution in [0.15, 0.2) is 35.3 Å². The summed E-state index contributed by atoms with van der Waals surface area (Å²) in [4.78, 5) is 4.09. The van der Waals surface area contributed by atoms with E-state index in [2.05, 4.69) is 32.9 Å². The summed E-state index contributed by atoms with van der Waals surface area (Å²) in [5, 5.41) is 14.4. The minimum atomic E-state index is -0.535. The first kappa shape index (κ1) is 13.2. The number of aryl methyl sites for hydroxylation is 1. The summed E-state index contributed by atoms with van der Waals surface area (Å²) >= 11 is 3.37. The van der Waals surface area contributed by atoms with Gasteiger partial charge in [0.25, 0.3) is 0 Å². The van der Waals surface area contributed by atoms with Crippen LogP contribution in [0.5, 0.6) is 0 Å². The van der Waals surface area contributed by atoms with Gasteiger partial charge in [0.05, 0.1) is 12.3 Å². The smallest absolute Gasteiger partial charge is 0.0861 e. The van der Waals surface area contributed by atoms with Gasteiger partial charge in [0.2, 0.25) is 0 Å². The van der Waals surface area contributed by atoms with E-state index in [1.54, 1.807) is 18.6 Å². The second kappa shape index (κ2) is 6.11. The van der Waals surface area contributed by atoms with Crippen LogP contribution in [0, 0.1) is 0 Å². The van der Waals surface area contributed by atoms with Gasteiger partial charge in [0, 0.05) is 41.6 Å². The van der Waals surface area contributed by atoms with Gasteiger partial charge in [-0.25, -0.2) is 0 Å². The van der Waals surface area contributed by atoms with Crippen molar-refractivity contribution in [2.75, 3.05) is 0 Å². The number of hydrogen-bond donors (Lipinski definition) is 1. The van der Waals surface area contributed by atoms with E-state index in [0.29, 0.717) is 6.42 Å². The van der Waals surface area contributed by atoms with Crippen LogP contribution in [0.3, 0.4) is 0 Å². The molecule has 0 aliphatic carbocycles. The minimum absolute atomic E-state index is 0.535. The Morgan fingerprint density at radius 2 is 2.22 bits per heavy atom. The Kier molecular flexibility index (Phi) is 4.49. The Hall–Kier alpha value is -1.20. The molecule has 0 spiro atoms. The number of aromatic nitrogens is 3. The average Bonchev–Trinajstić information content (AvgIpc) is 2.78. The minimum Gasteiger partial charge on any atom is -0.388 e. The zero-order chi connectivity index (χ0) is 13.0. The topological polar surface area (TPSA) is 50.9 Å². The molecule has 18 heavy (non-hydrogen) atoms. The Morgan fingerprint density at radius 3 is 2.94 bits per heavy atom. The van der Waals surface area contributed by atoms with Crippen molar-refractivity contribution in [1.82, 2.24) is 14.8 Å². The summed E-state index contributed by atoms with van der Waals surface area (Å²) in [6.07, 6.45) is 8.17. The highest BCUT2D eigenvalue weighted by Gasteiger charge is 2.11. The van der Waals surface area contributed by atoms with Crippen molar-refractivity contribution in [2.24, 2.45) is 0 Å².